The number of likely N-dealkylation sites (tertiary alicyclic amines) is 1. The summed E-state index contributed by atoms with van der Waals surface area (Å²) in [6.07, 6.45) is 0.700. The van der Waals surface area contributed by atoms with E-state index in [1.165, 1.54) is 6.92 Å². The van der Waals surface area contributed by atoms with Crippen LogP contribution in [-0.2, 0) is 9.59 Å². The summed E-state index contributed by atoms with van der Waals surface area (Å²) in [5, 5.41) is 9.47. The standard InChI is InChI=1S/C15H27N3O3S/c1-10(2)13(20)18-8-9-22-15(18)4-6-17(7-5-15)14(21)12(16)11(3)19/h10-12,19H,4-9,16H2,1-3H3/t11-,12+/m1/s1. The average molecular weight is 329 g/mol. The summed E-state index contributed by atoms with van der Waals surface area (Å²) in [6, 6.07) is -0.862. The van der Waals surface area contributed by atoms with Crippen LogP contribution in [0.25, 0.3) is 0 Å². The summed E-state index contributed by atoms with van der Waals surface area (Å²) >= 11 is 1.83. The van der Waals surface area contributed by atoms with E-state index in [2.05, 4.69) is 0 Å². The van der Waals surface area contributed by atoms with Crippen LogP contribution in [0.3, 0.4) is 0 Å². The van der Waals surface area contributed by atoms with Crippen molar-refractivity contribution in [1.82, 2.24) is 9.80 Å². The predicted molar refractivity (Wildman–Crippen MR) is 87.2 cm³/mol. The highest BCUT2D eigenvalue weighted by atomic mass is 32.2. The van der Waals surface area contributed by atoms with Crippen LogP contribution in [0.4, 0.5) is 0 Å². The molecular formula is C15H27N3O3S. The molecule has 6 nitrogen and oxygen atoms in total. The smallest absolute Gasteiger partial charge is 0.242 e. The molecule has 0 aromatic rings. The second kappa shape index (κ2) is 6.76. The van der Waals surface area contributed by atoms with Crippen LogP contribution in [-0.4, -0.2) is 69.1 Å². The van der Waals surface area contributed by atoms with E-state index in [4.69, 9.17) is 5.73 Å². The number of hydrogen-bond donors (Lipinski definition) is 2. The second-order valence-corrected chi connectivity index (χ2v) is 7.99. The Hall–Kier alpha value is -0.790. The average Bonchev–Trinajstić information content (AvgIpc) is 2.88. The van der Waals surface area contributed by atoms with Gasteiger partial charge in [0, 0.05) is 31.3 Å². The number of nitrogens with two attached hydrogens (primary N) is 1. The summed E-state index contributed by atoms with van der Waals surface area (Å²) < 4.78 is 0. The molecule has 2 amide bonds. The number of nitrogens with zero attached hydrogens (tertiary/aromatic N) is 2. The summed E-state index contributed by atoms with van der Waals surface area (Å²) in [5.74, 6) is 0.957. The number of aliphatic hydroxyl groups is 1. The van der Waals surface area contributed by atoms with Crippen molar-refractivity contribution in [3.05, 3.63) is 0 Å². The van der Waals surface area contributed by atoms with Crippen molar-refractivity contribution in [3.8, 4) is 0 Å². The zero-order valence-corrected chi connectivity index (χ0v) is 14.4. The van der Waals surface area contributed by atoms with Gasteiger partial charge in [-0.15, -0.1) is 11.8 Å². The van der Waals surface area contributed by atoms with Crippen molar-refractivity contribution >= 4 is 23.6 Å². The third kappa shape index (κ3) is 3.26. The molecule has 2 aliphatic heterocycles. The van der Waals surface area contributed by atoms with Gasteiger partial charge in [0.2, 0.25) is 11.8 Å². The van der Waals surface area contributed by atoms with Gasteiger partial charge in [-0.3, -0.25) is 9.59 Å². The Morgan fingerprint density at radius 3 is 2.23 bits per heavy atom. The van der Waals surface area contributed by atoms with Crippen molar-refractivity contribution in [2.45, 2.75) is 50.6 Å². The van der Waals surface area contributed by atoms with E-state index in [1.54, 1.807) is 4.90 Å². The summed E-state index contributed by atoms with van der Waals surface area (Å²) in [4.78, 5) is 28.2. The highest BCUT2D eigenvalue weighted by Crippen LogP contribution is 2.44. The number of thioether (sulfide) groups is 1. The van der Waals surface area contributed by atoms with E-state index in [9.17, 15) is 14.7 Å². The largest absolute Gasteiger partial charge is 0.391 e. The normalized spacial score (nSPS) is 23.9. The first kappa shape index (κ1) is 17.6. The van der Waals surface area contributed by atoms with E-state index in [1.807, 2.05) is 30.5 Å². The SMILES string of the molecule is CC(C)C(=O)N1CCSC12CCN(C(=O)[C@@H](N)[C@@H](C)O)CC2. The van der Waals surface area contributed by atoms with Crippen molar-refractivity contribution in [1.29, 1.82) is 0 Å². The Bertz CT molecular complexity index is 434. The minimum Gasteiger partial charge on any atom is -0.391 e. The monoisotopic (exact) mass is 329 g/mol. The predicted octanol–water partition coefficient (Wildman–Crippen LogP) is 0.245. The molecule has 0 aromatic heterocycles. The quantitative estimate of drug-likeness (QED) is 0.775. The molecule has 2 fully saturated rings. The van der Waals surface area contributed by atoms with Gasteiger partial charge >= 0.3 is 0 Å². The topological polar surface area (TPSA) is 86.9 Å². The fraction of sp³-hybridized carbons (Fsp3) is 0.867. The fourth-order valence-electron chi connectivity index (χ4n) is 3.14. The molecule has 0 saturated carbocycles. The van der Waals surface area contributed by atoms with Crippen LogP contribution in [0.5, 0.6) is 0 Å². The summed E-state index contributed by atoms with van der Waals surface area (Å²) in [5.41, 5.74) is 5.74. The van der Waals surface area contributed by atoms with E-state index in [0.29, 0.717) is 13.1 Å². The minimum atomic E-state index is -0.862. The molecule has 2 saturated heterocycles. The van der Waals surface area contributed by atoms with E-state index >= 15 is 0 Å². The van der Waals surface area contributed by atoms with Crippen molar-refractivity contribution in [2.75, 3.05) is 25.4 Å². The third-order valence-electron chi connectivity index (χ3n) is 4.60. The zero-order chi connectivity index (χ0) is 16.5. The molecule has 126 valence electrons. The number of carbonyl (C=O) groups excluding carboxylic acids is 2. The van der Waals surface area contributed by atoms with E-state index in [0.717, 1.165) is 25.1 Å². The Labute approximate surface area is 136 Å². The number of amides is 2. The lowest BCUT2D eigenvalue weighted by molar-refractivity contribution is -0.140. The molecule has 2 atom stereocenters. The first-order valence-corrected chi connectivity index (χ1v) is 8.95. The first-order valence-electron chi connectivity index (χ1n) is 7.96. The van der Waals surface area contributed by atoms with Gasteiger partial charge in [-0.1, -0.05) is 13.8 Å². The van der Waals surface area contributed by atoms with Gasteiger partial charge in [0.15, 0.2) is 0 Å². The van der Waals surface area contributed by atoms with Crippen LogP contribution in [0.2, 0.25) is 0 Å². The van der Waals surface area contributed by atoms with Crippen LogP contribution in [0.15, 0.2) is 0 Å². The maximum Gasteiger partial charge on any atom is 0.242 e. The second-order valence-electron chi connectivity index (χ2n) is 6.53. The summed E-state index contributed by atoms with van der Waals surface area (Å²) in [6.45, 7) is 7.37. The van der Waals surface area contributed by atoms with Gasteiger partial charge in [-0.25, -0.2) is 0 Å². The summed E-state index contributed by atoms with van der Waals surface area (Å²) in [7, 11) is 0. The molecule has 22 heavy (non-hydrogen) atoms. The Morgan fingerprint density at radius 1 is 1.14 bits per heavy atom. The maximum absolute atomic E-state index is 12.4. The number of rotatable bonds is 3. The number of aliphatic hydroxyl groups excluding tert-OH is 1. The molecule has 2 rings (SSSR count). The number of hydrogen-bond acceptors (Lipinski definition) is 5. The molecule has 1 spiro atoms. The van der Waals surface area contributed by atoms with Gasteiger partial charge in [0.05, 0.1) is 11.0 Å². The molecule has 0 radical (unpaired) electrons. The van der Waals surface area contributed by atoms with Gasteiger partial charge < -0.3 is 20.6 Å². The van der Waals surface area contributed by atoms with Crippen LogP contribution in [0, 0.1) is 5.92 Å². The molecule has 3 N–H and O–H groups in total. The Balaban J connectivity index is 2.01. The Kier molecular flexibility index (Phi) is 5.40. The van der Waals surface area contributed by atoms with Crippen LogP contribution < -0.4 is 5.73 Å². The molecular weight excluding hydrogens is 302 g/mol. The number of carbonyl (C=O) groups is 2. The highest BCUT2D eigenvalue weighted by Gasteiger charge is 2.47. The lowest BCUT2D eigenvalue weighted by Crippen LogP contribution is -2.57. The molecule has 0 bridgehead atoms. The minimum absolute atomic E-state index is 0.00102. The molecule has 7 heteroatoms. The van der Waals surface area contributed by atoms with Gasteiger partial charge in [0.1, 0.15) is 6.04 Å². The molecule has 0 aliphatic carbocycles. The maximum atomic E-state index is 12.4. The third-order valence-corrected chi connectivity index (χ3v) is 6.15. The van der Waals surface area contributed by atoms with Gasteiger partial charge in [-0.2, -0.15) is 0 Å². The molecule has 0 unspecified atom stereocenters. The van der Waals surface area contributed by atoms with Crippen molar-refractivity contribution in [3.63, 3.8) is 0 Å². The van der Waals surface area contributed by atoms with E-state index < -0.39 is 12.1 Å². The first-order chi connectivity index (χ1) is 10.3. The zero-order valence-electron chi connectivity index (χ0n) is 13.6. The van der Waals surface area contributed by atoms with Crippen LogP contribution >= 0.6 is 11.8 Å². The van der Waals surface area contributed by atoms with Gasteiger partial charge in [-0.05, 0) is 19.8 Å². The fourth-order valence-corrected chi connectivity index (χ4v) is 4.60. The lowest BCUT2D eigenvalue weighted by atomic mass is 9.99. The van der Waals surface area contributed by atoms with Crippen molar-refractivity contribution in [2.24, 2.45) is 11.7 Å². The molecule has 2 heterocycles. The number of piperidine rings is 1. The van der Waals surface area contributed by atoms with Gasteiger partial charge in [0.25, 0.3) is 0 Å². The highest BCUT2D eigenvalue weighted by molar-refractivity contribution is 8.00. The Morgan fingerprint density at radius 2 is 1.73 bits per heavy atom. The molecule has 0 aromatic carbocycles. The van der Waals surface area contributed by atoms with Crippen LogP contribution in [0.1, 0.15) is 33.6 Å². The van der Waals surface area contributed by atoms with Crippen molar-refractivity contribution < 1.29 is 14.7 Å². The van der Waals surface area contributed by atoms with E-state index in [-0.39, 0.29) is 22.6 Å². The lowest BCUT2D eigenvalue weighted by Gasteiger charge is -2.45. The molecule has 2 aliphatic rings.